The van der Waals surface area contributed by atoms with Gasteiger partial charge in [0.05, 0.1) is 12.8 Å². The summed E-state index contributed by atoms with van der Waals surface area (Å²) >= 11 is 0. The number of hydrogen-bond acceptors (Lipinski definition) is 4. The number of carbonyl (C=O) groups excluding carboxylic acids is 1. The maximum atomic E-state index is 12.7. The van der Waals surface area contributed by atoms with Gasteiger partial charge in [-0.25, -0.2) is 4.39 Å². The highest BCUT2D eigenvalue weighted by Gasteiger charge is 2.12. The summed E-state index contributed by atoms with van der Waals surface area (Å²) in [5.41, 5.74) is 0.890. The highest BCUT2D eigenvalue weighted by Crippen LogP contribution is 2.17. The normalized spacial score (nSPS) is 10.5. The minimum absolute atomic E-state index is 0.262. The molecule has 2 heterocycles. The maximum Gasteiger partial charge on any atom is 0.271 e. The number of H-pyrrole nitrogens is 1. The van der Waals surface area contributed by atoms with Gasteiger partial charge in [0, 0.05) is 6.07 Å². The lowest BCUT2D eigenvalue weighted by Gasteiger charge is -2.06. The van der Waals surface area contributed by atoms with E-state index in [-0.39, 0.29) is 24.0 Å². The Hall–Kier alpha value is -3.09. The molecule has 118 valence electrons. The van der Waals surface area contributed by atoms with Crippen molar-refractivity contribution < 1.29 is 18.3 Å². The third kappa shape index (κ3) is 3.76. The number of aromatic nitrogens is 2. The molecule has 0 aliphatic carbocycles. The Kier molecular flexibility index (Phi) is 4.37. The van der Waals surface area contributed by atoms with Gasteiger partial charge in [-0.15, -0.1) is 0 Å². The number of hydrogen-bond donors (Lipinski definition) is 2. The second-order valence-electron chi connectivity index (χ2n) is 4.70. The zero-order valence-corrected chi connectivity index (χ0v) is 12.1. The first kappa shape index (κ1) is 14.8. The Morgan fingerprint density at radius 3 is 2.87 bits per heavy atom. The van der Waals surface area contributed by atoms with E-state index in [0.29, 0.717) is 23.7 Å². The maximum absolute atomic E-state index is 12.7. The molecule has 0 aliphatic rings. The average Bonchev–Trinajstić information content (AvgIpc) is 3.23. The smallest absolute Gasteiger partial charge is 0.271 e. The molecule has 0 bridgehead atoms. The fraction of sp³-hybridized carbons (Fsp3) is 0.125. The van der Waals surface area contributed by atoms with Crippen LogP contribution in [0.3, 0.4) is 0 Å². The first-order valence-electron chi connectivity index (χ1n) is 6.98. The fourth-order valence-electron chi connectivity index (χ4n) is 1.95. The first-order chi connectivity index (χ1) is 11.2. The molecule has 0 fully saturated rings. The lowest BCUT2D eigenvalue weighted by molar-refractivity contribution is 0.0942. The van der Waals surface area contributed by atoms with Gasteiger partial charge in [-0.1, -0.05) is 0 Å². The van der Waals surface area contributed by atoms with Crippen LogP contribution in [0.1, 0.15) is 10.5 Å². The third-order valence-electron chi connectivity index (χ3n) is 3.07. The summed E-state index contributed by atoms with van der Waals surface area (Å²) in [4.78, 5) is 12.0. The molecule has 1 amide bonds. The van der Waals surface area contributed by atoms with Gasteiger partial charge in [0.15, 0.2) is 11.5 Å². The van der Waals surface area contributed by atoms with Crippen molar-refractivity contribution in [3.8, 4) is 17.2 Å². The Labute approximate surface area is 131 Å². The van der Waals surface area contributed by atoms with Crippen molar-refractivity contribution >= 4 is 5.91 Å². The molecule has 2 aromatic heterocycles. The Morgan fingerprint density at radius 2 is 2.13 bits per heavy atom. The second-order valence-corrected chi connectivity index (χ2v) is 4.70. The van der Waals surface area contributed by atoms with Crippen LogP contribution < -0.4 is 10.1 Å². The number of amides is 1. The van der Waals surface area contributed by atoms with Crippen LogP contribution in [0, 0.1) is 5.82 Å². The number of furan rings is 1. The molecule has 3 aromatic rings. The lowest BCUT2D eigenvalue weighted by atomic mass is 10.3. The van der Waals surface area contributed by atoms with Crippen molar-refractivity contribution in [1.82, 2.24) is 15.5 Å². The second kappa shape index (κ2) is 6.78. The molecule has 0 saturated carbocycles. The van der Waals surface area contributed by atoms with Gasteiger partial charge in [-0.2, -0.15) is 5.10 Å². The van der Waals surface area contributed by atoms with Gasteiger partial charge >= 0.3 is 0 Å². The molecular formula is C16H14FN3O3. The van der Waals surface area contributed by atoms with Gasteiger partial charge in [-0.3, -0.25) is 9.89 Å². The highest BCUT2D eigenvalue weighted by atomic mass is 19.1. The van der Waals surface area contributed by atoms with Crippen LogP contribution in [0.5, 0.6) is 5.75 Å². The molecular weight excluding hydrogens is 301 g/mol. The van der Waals surface area contributed by atoms with E-state index in [1.54, 1.807) is 24.5 Å². The number of halogens is 1. The van der Waals surface area contributed by atoms with Crippen LogP contribution in [0.2, 0.25) is 0 Å². The molecule has 0 radical (unpaired) electrons. The van der Waals surface area contributed by atoms with Crippen LogP contribution in [0.4, 0.5) is 4.39 Å². The average molecular weight is 315 g/mol. The van der Waals surface area contributed by atoms with Gasteiger partial charge in [-0.05, 0) is 36.4 Å². The molecule has 6 nitrogen and oxygen atoms in total. The predicted octanol–water partition coefficient (Wildman–Crippen LogP) is 2.62. The molecule has 0 unspecified atom stereocenters. The molecule has 0 saturated heterocycles. The van der Waals surface area contributed by atoms with Crippen LogP contribution >= 0.6 is 0 Å². The summed E-state index contributed by atoms with van der Waals surface area (Å²) in [7, 11) is 0. The van der Waals surface area contributed by atoms with Crippen molar-refractivity contribution in [1.29, 1.82) is 0 Å². The molecule has 0 spiro atoms. The molecule has 23 heavy (non-hydrogen) atoms. The number of carbonyl (C=O) groups is 1. The molecule has 3 rings (SSSR count). The van der Waals surface area contributed by atoms with Crippen LogP contribution in [-0.2, 0) is 0 Å². The zero-order valence-electron chi connectivity index (χ0n) is 12.1. The van der Waals surface area contributed by atoms with E-state index in [1.165, 1.54) is 24.3 Å². The number of ether oxygens (including phenoxy) is 1. The summed E-state index contributed by atoms with van der Waals surface area (Å²) in [5.74, 6) is 0.509. The molecule has 2 N–H and O–H groups in total. The SMILES string of the molecule is O=C(NCCOc1ccc(F)cc1)c1cc(-c2ccco2)[nH]n1. The molecule has 0 atom stereocenters. The minimum Gasteiger partial charge on any atom is -0.492 e. The minimum atomic E-state index is -0.323. The number of benzene rings is 1. The molecule has 7 heteroatoms. The van der Waals surface area contributed by atoms with E-state index in [9.17, 15) is 9.18 Å². The van der Waals surface area contributed by atoms with E-state index < -0.39 is 0 Å². The Balaban J connectivity index is 1.47. The van der Waals surface area contributed by atoms with E-state index in [1.807, 2.05) is 0 Å². The Bertz CT molecular complexity index is 766. The van der Waals surface area contributed by atoms with Gasteiger partial charge < -0.3 is 14.5 Å². The number of nitrogens with zero attached hydrogens (tertiary/aromatic N) is 1. The van der Waals surface area contributed by atoms with Crippen molar-refractivity contribution in [3.05, 3.63) is 60.2 Å². The fourth-order valence-corrected chi connectivity index (χ4v) is 1.95. The Morgan fingerprint density at radius 1 is 1.30 bits per heavy atom. The van der Waals surface area contributed by atoms with E-state index in [4.69, 9.17) is 9.15 Å². The monoisotopic (exact) mass is 315 g/mol. The lowest BCUT2D eigenvalue weighted by Crippen LogP contribution is -2.28. The predicted molar refractivity (Wildman–Crippen MR) is 80.5 cm³/mol. The standard InChI is InChI=1S/C16H14FN3O3/c17-11-3-5-12(6-4-11)22-9-7-18-16(21)14-10-13(19-20-14)15-2-1-8-23-15/h1-6,8,10H,7,9H2,(H,18,21)(H,19,20). The van der Waals surface area contributed by atoms with Gasteiger partial charge in [0.1, 0.15) is 23.9 Å². The van der Waals surface area contributed by atoms with Crippen molar-refractivity contribution in [2.24, 2.45) is 0 Å². The summed E-state index contributed by atoms with van der Waals surface area (Å²) in [5, 5.41) is 9.37. The van der Waals surface area contributed by atoms with E-state index in [0.717, 1.165) is 0 Å². The van der Waals surface area contributed by atoms with Gasteiger partial charge in [0.2, 0.25) is 0 Å². The number of nitrogens with one attached hydrogen (secondary N) is 2. The topological polar surface area (TPSA) is 80.1 Å². The van der Waals surface area contributed by atoms with Crippen LogP contribution in [0.15, 0.2) is 53.1 Å². The van der Waals surface area contributed by atoms with Crippen molar-refractivity contribution in [2.75, 3.05) is 13.2 Å². The summed E-state index contributed by atoms with van der Waals surface area (Å²) in [6.07, 6.45) is 1.54. The van der Waals surface area contributed by atoms with Gasteiger partial charge in [0.25, 0.3) is 5.91 Å². The van der Waals surface area contributed by atoms with Crippen molar-refractivity contribution in [2.45, 2.75) is 0 Å². The number of rotatable bonds is 6. The van der Waals surface area contributed by atoms with Crippen molar-refractivity contribution in [3.63, 3.8) is 0 Å². The van der Waals surface area contributed by atoms with E-state index in [2.05, 4.69) is 15.5 Å². The largest absolute Gasteiger partial charge is 0.492 e. The molecule has 0 aliphatic heterocycles. The summed E-state index contributed by atoms with van der Waals surface area (Å²) in [6.45, 7) is 0.575. The quantitative estimate of drug-likeness (QED) is 0.685. The third-order valence-corrected chi connectivity index (χ3v) is 3.07. The summed E-state index contributed by atoms with van der Waals surface area (Å²) < 4.78 is 23.3. The molecule has 1 aromatic carbocycles. The van der Waals surface area contributed by atoms with E-state index >= 15 is 0 Å². The highest BCUT2D eigenvalue weighted by molar-refractivity contribution is 5.93. The van der Waals surface area contributed by atoms with Crippen LogP contribution in [-0.4, -0.2) is 29.3 Å². The summed E-state index contributed by atoms with van der Waals surface area (Å²) in [6, 6.07) is 10.8. The zero-order chi connectivity index (χ0) is 16.1. The van der Waals surface area contributed by atoms with Crippen LogP contribution in [0.25, 0.3) is 11.5 Å². The number of aromatic amines is 1. The first-order valence-corrected chi connectivity index (χ1v) is 6.98.